The van der Waals surface area contributed by atoms with E-state index in [1.54, 1.807) is 0 Å². The number of nitrogens with zero attached hydrogens (tertiary/aromatic N) is 1. The summed E-state index contributed by atoms with van der Waals surface area (Å²) in [5.41, 5.74) is 0.102. The van der Waals surface area contributed by atoms with E-state index in [-0.39, 0.29) is 10.7 Å². The molecule has 134 valence electrons. The Balaban J connectivity index is 2.90. The van der Waals surface area contributed by atoms with Gasteiger partial charge in [-0.15, -0.1) is 0 Å². The van der Waals surface area contributed by atoms with Crippen molar-refractivity contribution in [1.29, 1.82) is 0 Å². The molecule has 0 spiro atoms. The first-order valence-electron chi connectivity index (χ1n) is 9.47. The molecule has 3 heteroatoms. The fourth-order valence-electron chi connectivity index (χ4n) is 3.89. The van der Waals surface area contributed by atoms with Gasteiger partial charge in [-0.3, -0.25) is 0 Å². The summed E-state index contributed by atoms with van der Waals surface area (Å²) in [4.78, 5) is 11.4. The van der Waals surface area contributed by atoms with E-state index in [2.05, 4.69) is 53.0 Å². The molecule has 1 atom stereocenters. The molecule has 0 aromatic carbocycles. The van der Waals surface area contributed by atoms with Crippen molar-refractivity contribution < 1.29 is 4.89 Å². The second-order valence-electron chi connectivity index (χ2n) is 9.23. The van der Waals surface area contributed by atoms with Crippen LogP contribution >= 0.6 is 7.64 Å². The Morgan fingerprint density at radius 2 is 1.45 bits per heavy atom. The van der Waals surface area contributed by atoms with E-state index in [4.69, 9.17) is 0 Å². The van der Waals surface area contributed by atoms with Crippen molar-refractivity contribution >= 4 is 7.64 Å². The molecule has 0 aromatic heterocycles. The minimum atomic E-state index is -2.45. The Kier molecular flexibility index (Phi) is 7.37. The monoisotopic (exact) mass is 331 g/mol. The second kappa shape index (κ2) is 7.95. The average molecular weight is 332 g/mol. The Bertz CT molecular complexity index is 338. The molecule has 0 aliphatic carbocycles. The van der Waals surface area contributed by atoms with Gasteiger partial charge in [0, 0.05) is 0 Å². The molecule has 0 unspecified atom stereocenters. The fraction of sp³-hybridized carbons (Fsp3) is 1.00. The Labute approximate surface area is 140 Å². The van der Waals surface area contributed by atoms with Crippen LogP contribution in [0, 0.1) is 5.92 Å². The summed E-state index contributed by atoms with van der Waals surface area (Å²) in [6.07, 6.45) is 11.7. The third kappa shape index (κ3) is 5.18. The van der Waals surface area contributed by atoms with E-state index >= 15 is 0 Å². The molecule has 2 nitrogen and oxygen atoms in total. The topological polar surface area (TPSA) is 23.5 Å². The molecule has 0 saturated carbocycles. The van der Waals surface area contributed by atoms with Crippen LogP contribution in [0.2, 0.25) is 0 Å². The van der Waals surface area contributed by atoms with E-state index in [9.17, 15) is 4.89 Å². The molecule has 1 heterocycles. The Morgan fingerprint density at radius 3 is 2.09 bits per heavy atom. The van der Waals surface area contributed by atoms with Crippen LogP contribution in [0.5, 0.6) is 0 Å². The van der Waals surface area contributed by atoms with E-state index in [1.165, 1.54) is 51.4 Å². The van der Waals surface area contributed by atoms with Gasteiger partial charge in [-0.05, 0) is 0 Å². The summed E-state index contributed by atoms with van der Waals surface area (Å²) >= 11 is 0. The molecule has 0 aromatic rings. The molecule has 1 N–H and O–H groups in total. The van der Waals surface area contributed by atoms with Crippen molar-refractivity contribution in [2.75, 3.05) is 13.7 Å². The van der Waals surface area contributed by atoms with Crippen molar-refractivity contribution in [1.82, 2.24) is 4.67 Å². The molecule has 22 heavy (non-hydrogen) atoms. The summed E-state index contributed by atoms with van der Waals surface area (Å²) in [6, 6.07) is 0. The van der Waals surface area contributed by atoms with Gasteiger partial charge in [0.1, 0.15) is 0 Å². The van der Waals surface area contributed by atoms with Crippen LogP contribution in [0.3, 0.4) is 0 Å². The van der Waals surface area contributed by atoms with Gasteiger partial charge >= 0.3 is 140 Å². The zero-order valence-electron chi connectivity index (χ0n) is 16.3. The Hall–Kier alpha value is 0.350. The van der Waals surface area contributed by atoms with Gasteiger partial charge in [0.15, 0.2) is 0 Å². The minimum absolute atomic E-state index is 0.0445. The summed E-state index contributed by atoms with van der Waals surface area (Å²) < 4.78 is 2.37. The quantitative estimate of drug-likeness (QED) is 0.564. The van der Waals surface area contributed by atoms with E-state index in [0.29, 0.717) is 0 Å². The molecule has 1 aliphatic rings. The molecule has 1 fully saturated rings. The van der Waals surface area contributed by atoms with Gasteiger partial charge in [-0.25, -0.2) is 0 Å². The van der Waals surface area contributed by atoms with Gasteiger partial charge in [-0.2, -0.15) is 0 Å². The van der Waals surface area contributed by atoms with Gasteiger partial charge in [0.25, 0.3) is 0 Å². The third-order valence-corrected chi connectivity index (χ3v) is 11.3. The van der Waals surface area contributed by atoms with Gasteiger partial charge in [-0.1, -0.05) is 0 Å². The van der Waals surface area contributed by atoms with Crippen LogP contribution < -0.4 is 0 Å². The zero-order chi connectivity index (χ0) is 17.0. The third-order valence-electron chi connectivity index (χ3n) is 6.58. The van der Waals surface area contributed by atoms with E-state index in [0.717, 1.165) is 12.3 Å². The average Bonchev–Trinajstić information content (AvgIpc) is 2.40. The summed E-state index contributed by atoms with van der Waals surface area (Å²) in [5, 5.41) is 0.0445. The fourth-order valence-corrected chi connectivity index (χ4v) is 6.74. The maximum atomic E-state index is 11.4. The molecule has 1 aliphatic heterocycles. The predicted octanol–water partition coefficient (Wildman–Crippen LogP) is 5.84. The second-order valence-corrected chi connectivity index (χ2v) is 13.3. The van der Waals surface area contributed by atoms with Crippen LogP contribution in [0.4, 0.5) is 0 Å². The van der Waals surface area contributed by atoms with Crippen molar-refractivity contribution in [3.05, 3.63) is 0 Å². The van der Waals surface area contributed by atoms with Crippen LogP contribution in [0.25, 0.3) is 0 Å². The molecule has 0 radical (unpaired) electrons. The molecule has 0 bridgehead atoms. The van der Waals surface area contributed by atoms with Crippen LogP contribution in [-0.4, -0.2) is 34.0 Å². The summed E-state index contributed by atoms with van der Waals surface area (Å²) in [5.74, 6) is 0.847. The maximum absolute atomic E-state index is 11.4. The first-order valence-corrected chi connectivity index (χ1v) is 11.9. The van der Waals surface area contributed by atoms with Crippen LogP contribution in [-0.2, 0) is 0 Å². The number of hydrogen-bond acceptors (Lipinski definition) is 2. The molecular weight excluding hydrogens is 289 g/mol. The zero-order valence-corrected chi connectivity index (χ0v) is 17.3. The van der Waals surface area contributed by atoms with E-state index in [1.807, 2.05) is 0 Å². The summed E-state index contributed by atoms with van der Waals surface area (Å²) in [7, 11) is -0.281. The van der Waals surface area contributed by atoms with E-state index < -0.39 is 7.64 Å². The number of rotatable bonds is 0. The van der Waals surface area contributed by atoms with Crippen molar-refractivity contribution in [2.24, 2.45) is 5.92 Å². The first-order chi connectivity index (χ1) is 10.0. The Morgan fingerprint density at radius 1 is 0.909 bits per heavy atom. The SMILES string of the molecule is C[C@@H]1CCCCCCC(C)(C)N(C)[PH](C)(O)C(C)(C)CCC1. The molecular formula is C19H42NOP. The predicted molar refractivity (Wildman–Crippen MR) is 103 cm³/mol. The van der Waals surface area contributed by atoms with Crippen molar-refractivity contribution in [3.63, 3.8) is 0 Å². The molecule has 1 saturated heterocycles. The molecule has 0 amide bonds. The number of hydrogen-bond donors (Lipinski definition) is 1. The van der Waals surface area contributed by atoms with Gasteiger partial charge < -0.3 is 0 Å². The van der Waals surface area contributed by atoms with Gasteiger partial charge in [0.05, 0.1) is 0 Å². The first kappa shape index (κ1) is 20.4. The van der Waals surface area contributed by atoms with Crippen molar-refractivity contribution in [2.45, 2.75) is 103 Å². The van der Waals surface area contributed by atoms with Crippen molar-refractivity contribution in [3.8, 4) is 0 Å². The summed E-state index contributed by atoms with van der Waals surface area (Å²) in [6.45, 7) is 13.8. The van der Waals surface area contributed by atoms with Gasteiger partial charge in [0.2, 0.25) is 0 Å². The standard InChI is InChI=1S/C19H42NOP/c1-17-13-10-8-9-11-15-18(2,3)20(6)22(7,21)19(4,5)16-12-14-17/h17,21-22H,8-16H2,1-7H3/t17-/m1/s1. The van der Waals surface area contributed by atoms with Crippen LogP contribution in [0.1, 0.15) is 92.4 Å². The normalized spacial score (nSPS) is 32.8. The molecule has 1 rings (SSSR count). The van der Waals surface area contributed by atoms with Crippen LogP contribution in [0.15, 0.2) is 0 Å².